The molecular formula is C11H10ClF3O2. The van der Waals surface area contributed by atoms with Gasteiger partial charge in [0.2, 0.25) is 0 Å². The highest BCUT2D eigenvalue weighted by Gasteiger charge is 2.35. The monoisotopic (exact) mass is 266 g/mol. The standard InChI is InChI=1S/C11H10ClF3O2/c1-6(17)10(12)7-3-2-4-9(8(7)5-16)11(13,14)15/h2-4,10,16H,5H2,1H3. The maximum absolute atomic E-state index is 12.6. The van der Waals surface area contributed by atoms with Crippen LogP contribution in [-0.4, -0.2) is 10.9 Å². The fourth-order valence-corrected chi connectivity index (χ4v) is 1.71. The van der Waals surface area contributed by atoms with Crippen LogP contribution in [0, 0.1) is 0 Å². The SMILES string of the molecule is CC(=O)C(Cl)c1cccc(C(F)(F)F)c1CO. The summed E-state index contributed by atoms with van der Waals surface area (Å²) in [4.78, 5) is 11.1. The lowest BCUT2D eigenvalue weighted by molar-refractivity contribution is -0.138. The van der Waals surface area contributed by atoms with E-state index >= 15 is 0 Å². The fraction of sp³-hybridized carbons (Fsp3) is 0.364. The lowest BCUT2D eigenvalue weighted by Gasteiger charge is -2.17. The van der Waals surface area contributed by atoms with Crippen molar-refractivity contribution >= 4 is 17.4 Å². The van der Waals surface area contributed by atoms with Crippen molar-refractivity contribution in [1.82, 2.24) is 0 Å². The van der Waals surface area contributed by atoms with Crippen LogP contribution in [0.1, 0.15) is 29.0 Å². The third-order valence-corrected chi connectivity index (χ3v) is 2.85. The van der Waals surface area contributed by atoms with Crippen LogP contribution in [0.4, 0.5) is 13.2 Å². The van der Waals surface area contributed by atoms with Crippen molar-refractivity contribution < 1.29 is 23.1 Å². The smallest absolute Gasteiger partial charge is 0.392 e. The molecule has 0 saturated carbocycles. The number of aliphatic hydroxyl groups is 1. The lowest BCUT2D eigenvalue weighted by atomic mass is 9.97. The molecule has 2 nitrogen and oxygen atoms in total. The molecule has 17 heavy (non-hydrogen) atoms. The van der Waals surface area contributed by atoms with Crippen molar-refractivity contribution in [3.8, 4) is 0 Å². The van der Waals surface area contributed by atoms with Crippen molar-refractivity contribution in [2.45, 2.75) is 25.1 Å². The van der Waals surface area contributed by atoms with Gasteiger partial charge in [0.15, 0.2) is 5.78 Å². The molecule has 6 heteroatoms. The van der Waals surface area contributed by atoms with Crippen LogP contribution in [-0.2, 0) is 17.6 Å². The second-order valence-corrected chi connectivity index (χ2v) is 3.94. The minimum absolute atomic E-state index is 0.00325. The highest BCUT2D eigenvalue weighted by Crippen LogP contribution is 2.36. The number of carbonyl (C=O) groups is 1. The molecule has 0 aliphatic heterocycles. The van der Waals surface area contributed by atoms with Crippen LogP contribution < -0.4 is 0 Å². The topological polar surface area (TPSA) is 37.3 Å². The van der Waals surface area contributed by atoms with E-state index in [4.69, 9.17) is 16.7 Å². The fourth-order valence-electron chi connectivity index (χ4n) is 1.50. The first-order valence-electron chi connectivity index (χ1n) is 4.73. The minimum atomic E-state index is -4.58. The van der Waals surface area contributed by atoms with Crippen molar-refractivity contribution in [3.05, 3.63) is 34.9 Å². The Labute approximate surface area is 101 Å². The van der Waals surface area contributed by atoms with Crippen LogP contribution in [0.25, 0.3) is 0 Å². The van der Waals surface area contributed by atoms with Gasteiger partial charge in [-0.1, -0.05) is 12.1 Å². The largest absolute Gasteiger partial charge is 0.416 e. The summed E-state index contributed by atoms with van der Waals surface area (Å²) in [5.41, 5.74) is -1.32. The van der Waals surface area contributed by atoms with E-state index in [-0.39, 0.29) is 11.1 Å². The molecule has 0 radical (unpaired) electrons. The van der Waals surface area contributed by atoms with Gasteiger partial charge in [-0.25, -0.2) is 0 Å². The van der Waals surface area contributed by atoms with E-state index in [0.717, 1.165) is 12.1 Å². The lowest BCUT2D eigenvalue weighted by Crippen LogP contribution is -2.14. The Balaban J connectivity index is 3.39. The Morgan fingerprint density at radius 3 is 2.47 bits per heavy atom. The van der Waals surface area contributed by atoms with Crippen LogP contribution in [0.15, 0.2) is 18.2 Å². The molecule has 0 heterocycles. The molecule has 0 aliphatic rings. The van der Waals surface area contributed by atoms with Crippen LogP contribution >= 0.6 is 11.6 Å². The molecule has 0 spiro atoms. The normalized spacial score (nSPS) is 13.5. The van der Waals surface area contributed by atoms with Crippen LogP contribution in [0.3, 0.4) is 0 Å². The zero-order valence-electron chi connectivity index (χ0n) is 8.88. The number of hydrogen-bond acceptors (Lipinski definition) is 2. The number of benzene rings is 1. The van der Waals surface area contributed by atoms with Gasteiger partial charge in [-0.3, -0.25) is 4.79 Å². The Bertz CT molecular complexity index is 429. The molecule has 0 saturated heterocycles. The van der Waals surface area contributed by atoms with E-state index < -0.39 is 29.5 Å². The Hall–Kier alpha value is -1.07. The number of rotatable bonds is 3. The highest BCUT2D eigenvalue weighted by molar-refractivity contribution is 6.30. The minimum Gasteiger partial charge on any atom is -0.392 e. The van der Waals surface area contributed by atoms with Crippen molar-refractivity contribution in [2.24, 2.45) is 0 Å². The van der Waals surface area contributed by atoms with Gasteiger partial charge in [-0.2, -0.15) is 13.2 Å². The first-order chi connectivity index (χ1) is 7.79. The van der Waals surface area contributed by atoms with Gasteiger partial charge in [0, 0.05) is 0 Å². The molecule has 1 N–H and O–H groups in total. The summed E-state index contributed by atoms with van der Waals surface area (Å²) in [5.74, 6) is -0.472. The second-order valence-electron chi connectivity index (χ2n) is 3.50. The summed E-state index contributed by atoms with van der Waals surface area (Å²) in [7, 11) is 0. The number of Topliss-reactive ketones (excluding diaryl/α,β-unsaturated/α-hetero) is 1. The van der Waals surface area contributed by atoms with E-state index in [2.05, 4.69) is 0 Å². The van der Waals surface area contributed by atoms with E-state index in [9.17, 15) is 18.0 Å². The highest BCUT2D eigenvalue weighted by atomic mass is 35.5. The third kappa shape index (κ3) is 2.98. The van der Waals surface area contributed by atoms with Crippen LogP contribution in [0.5, 0.6) is 0 Å². The van der Waals surface area contributed by atoms with E-state index in [1.54, 1.807) is 0 Å². The maximum Gasteiger partial charge on any atom is 0.416 e. The van der Waals surface area contributed by atoms with Gasteiger partial charge in [-0.15, -0.1) is 11.6 Å². The van der Waals surface area contributed by atoms with Crippen LogP contribution in [0.2, 0.25) is 0 Å². The summed E-state index contributed by atoms with van der Waals surface area (Å²) in [5, 5.41) is 7.84. The van der Waals surface area contributed by atoms with E-state index in [1.807, 2.05) is 0 Å². The average molecular weight is 267 g/mol. The average Bonchev–Trinajstić information content (AvgIpc) is 2.25. The molecule has 1 rings (SSSR count). The summed E-state index contributed by atoms with van der Waals surface area (Å²) in [6.07, 6.45) is -4.58. The molecule has 1 aromatic rings. The molecule has 0 aliphatic carbocycles. The molecule has 0 aromatic heterocycles. The van der Waals surface area contributed by atoms with Gasteiger partial charge in [0.05, 0.1) is 12.2 Å². The van der Waals surface area contributed by atoms with E-state index in [1.165, 1.54) is 13.0 Å². The Morgan fingerprint density at radius 1 is 1.47 bits per heavy atom. The predicted molar refractivity (Wildman–Crippen MR) is 56.6 cm³/mol. The van der Waals surface area contributed by atoms with Gasteiger partial charge in [0.25, 0.3) is 0 Å². The summed E-state index contributed by atoms with van der Waals surface area (Å²) in [6.45, 7) is 0.362. The quantitative estimate of drug-likeness (QED) is 0.854. The van der Waals surface area contributed by atoms with Crippen molar-refractivity contribution in [2.75, 3.05) is 0 Å². The summed E-state index contributed by atoms with van der Waals surface area (Å²) in [6, 6.07) is 3.31. The number of aliphatic hydroxyl groups excluding tert-OH is 1. The number of alkyl halides is 4. The summed E-state index contributed by atoms with van der Waals surface area (Å²) < 4.78 is 37.9. The van der Waals surface area contributed by atoms with Gasteiger partial charge < -0.3 is 5.11 Å². The maximum atomic E-state index is 12.6. The second kappa shape index (κ2) is 5.06. The van der Waals surface area contributed by atoms with Crippen molar-refractivity contribution in [1.29, 1.82) is 0 Å². The first kappa shape index (κ1) is 14.0. The molecular weight excluding hydrogens is 257 g/mol. The Kier molecular flexibility index (Phi) is 4.16. The number of carbonyl (C=O) groups excluding carboxylic acids is 1. The third-order valence-electron chi connectivity index (χ3n) is 2.31. The number of hydrogen-bond donors (Lipinski definition) is 1. The van der Waals surface area contributed by atoms with Gasteiger partial charge in [0.1, 0.15) is 5.38 Å². The van der Waals surface area contributed by atoms with Crippen molar-refractivity contribution in [3.63, 3.8) is 0 Å². The predicted octanol–water partition coefficient (Wildman–Crippen LogP) is 3.07. The molecule has 1 atom stereocenters. The van der Waals surface area contributed by atoms with Gasteiger partial charge >= 0.3 is 6.18 Å². The molecule has 0 bridgehead atoms. The number of ketones is 1. The Morgan fingerprint density at radius 2 is 2.06 bits per heavy atom. The molecule has 1 unspecified atom stereocenters. The molecule has 94 valence electrons. The molecule has 1 aromatic carbocycles. The molecule has 0 fully saturated rings. The van der Waals surface area contributed by atoms with Gasteiger partial charge in [-0.05, 0) is 24.1 Å². The summed E-state index contributed by atoms with van der Waals surface area (Å²) >= 11 is 5.72. The van der Waals surface area contributed by atoms with E-state index in [0.29, 0.717) is 0 Å². The molecule has 0 amide bonds. The zero-order valence-corrected chi connectivity index (χ0v) is 9.64. The zero-order chi connectivity index (χ0) is 13.2. The number of halogens is 4. The first-order valence-corrected chi connectivity index (χ1v) is 5.17.